The van der Waals surface area contributed by atoms with Gasteiger partial charge in [-0.3, -0.25) is 14.3 Å². The van der Waals surface area contributed by atoms with Gasteiger partial charge in [-0.2, -0.15) is 0 Å². The fourth-order valence-corrected chi connectivity index (χ4v) is 5.54. The number of benzene rings is 2. The van der Waals surface area contributed by atoms with Crippen LogP contribution in [0.3, 0.4) is 0 Å². The molecule has 4 aromatic rings. The summed E-state index contributed by atoms with van der Waals surface area (Å²) >= 11 is 6.17. The van der Waals surface area contributed by atoms with Crippen molar-refractivity contribution in [3.63, 3.8) is 0 Å². The number of rotatable bonds is 9. The highest BCUT2D eigenvalue weighted by Gasteiger charge is 2.23. The average Bonchev–Trinajstić information content (AvgIpc) is 2.97. The van der Waals surface area contributed by atoms with Crippen LogP contribution in [0, 0.1) is 6.92 Å². The highest BCUT2D eigenvalue weighted by molar-refractivity contribution is 6.30. The van der Waals surface area contributed by atoms with Gasteiger partial charge < -0.3 is 9.64 Å². The monoisotopic (exact) mass is 575 g/mol. The van der Waals surface area contributed by atoms with E-state index in [2.05, 4.69) is 20.9 Å². The molecule has 0 saturated carbocycles. The molecule has 0 aliphatic carbocycles. The second-order valence-electron chi connectivity index (χ2n) is 10.2. The number of nitrogens with zero attached hydrogens (tertiary/aromatic N) is 5. The zero-order chi connectivity index (χ0) is 28.9. The van der Waals surface area contributed by atoms with Gasteiger partial charge in [0.25, 0.3) is 5.56 Å². The molecule has 0 spiro atoms. The third-order valence-corrected chi connectivity index (χ3v) is 7.62. The predicted molar refractivity (Wildman–Crippen MR) is 162 cm³/mol. The molecule has 41 heavy (non-hydrogen) atoms. The summed E-state index contributed by atoms with van der Waals surface area (Å²) in [6.07, 6.45) is 1.58. The first-order valence-corrected chi connectivity index (χ1v) is 14.4. The topological polar surface area (TPSA) is 89.7 Å². The van der Waals surface area contributed by atoms with Gasteiger partial charge in [-0.05, 0) is 69.6 Å². The van der Waals surface area contributed by atoms with Crippen molar-refractivity contribution in [2.24, 2.45) is 0 Å². The molecular weight excluding hydrogens is 542 g/mol. The Kier molecular flexibility index (Phi) is 8.85. The minimum atomic E-state index is -0.609. The number of hydrogen-bond acceptors (Lipinski definition) is 7. The van der Waals surface area contributed by atoms with Crippen molar-refractivity contribution in [2.45, 2.75) is 33.2 Å². The van der Waals surface area contributed by atoms with Crippen molar-refractivity contribution in [1.29, 1.82) is 0 Å². The van der Waals surface area contributed by atoms with Crippen LogP contribution in [0.15, 0.2) is 70.3 Å². The lowest BCUT2D eigenvalue weighted by Gasteiger charge is -2.36. The Labute approximate surface area is 243 Å². The molecule has 0 bridgehead atoms. The molecule has 1 saturated heterocycles. The number of para-hydroxylation sites is 1. The number of unbranched alkanes of at least 4 members (excludes halogenated alkanes) is 1. The fraction of sp³-hybridized carbons (Fsp3) is 0.355. The van der Waals surface area contributed by atoms with Crippen LogP contribution in [0.4, 0.5) is 5.69 Å². The maximum Gasteiger partial charge on any atom is 0.339 e. The number of fused-ring (bicyclic) bond motifs is 1. The molecule has 2 aromatic carbocycles. The van der Waals surface area contributed by atoms with E-state index in [1.165, 1.54) is 4.57 Å². The molecule has 0 atom stereocenters. The van der Waals surface area contributed by atoms with Crippen molar-refractivity contribution in [1.82, 2.24) is 19.0 Å². The molecule has 214 valence electrons. The van der Waals surface area contributed by atoms with Crippen LogP contribution in [0.5, 0.6) is 0 Å². The van der Waals surface area contributed by atoms with E-state index in [-0.39, 0.29) is 23.2 Å². The Balaban J connectivity index is 1.37. The van der Waals surface area contributed by atoms with Crippen LogP contribution >= 0.6 is 11.6 Å². The zero-order valence-corrected chi connectivity index (χ0v) is 24.1. The number of ether oxygens (including phenoxy) is 1. The Morgan fingerprint density at radius 1 is 0.927 bits per heavy atom. The summed E-state index contributed by atoms with van der Waals surface area (Å²) in [4.78, 5) is 49.7. The molecule has 3 heterocycles. The van der Waals surface area contributed by atoms with Crippen molar-refractivity contribution < 1.29 is 9.53 Å². The summed E-state index contributed by atoms with van der Waals surface area (Å²) in [6, 6.07) is 18.2. The summed E-state index contributed by atoms with van der Waals surface area (Å²) in [5.41, 5.74) is 1.38. The van der Waals surface area contributed by atoms with Crippen LogP contribution in [0.25, 0.3) is 16.7 Å². The van der Waals surface area contributed by atoms with E-state index in [9.17, 15) is 14.4 Å². The fourth-order valence-electron chi connectivity index (χ4n) is 5.36. The zero-order valence-electron chi connectivity index (χ0n) is 23.4. The van der Waals surface area contributed by atoms with Crippen molar-refractivity contribution in [3.05, 3.63) is 97.8 Å². The molecule has 10 heteroatoms. The van der Waals surface area contributed by atoms with Gasteiger partial charge in [0.2, 0.25) is 0 Å². The molecule has 0 radical (unpaired) electrons. The van der Waals surface area contributed by atoms with Crippen LogP contribution in [-0.4, -0.2) is 64.3 Å². The van der Waals surface area contributed by atoms with Crippen molar-refractivity contribution in [3.8, 4) is 5.69 Å². The second kappa shape index (κ2) is 12.7. The first kappa shape index (κ1) is 28.6. The van der Waals surface area contributed by atoms with Gasteiger partial charge in [0.05, 0.1) is 23.2 Å². The molecule has 2 aromatic heterocycles. The standard InChI is InChI=1S/C31H34ClN5O4/c1-3-41-30(39)26-20-22(2)33-28-27(26)29(38)37(24-11-5-4-6-12-24)31(40)36(28)15-8-7-14-34-16-18-35(19-17-34)25-13-9-10-23(32)21-25/h4-6,9-13,20-21H,3,7-8,14-19H2,1-2H3. The van der Waals surface area contributed by atoms with E-state index in [4.69, 9.17) is 16.3 Å². The number of piperazine rings is 1. The maximum absolute atomic E-state index is 13.8. The van der Waals surface area contributed by atoms with E-state index in [0.717, 1.165) is 54.4 Å². The first-order valence-electron chi connectivity index (χ1n) is 14.0. The van der Waals surface area contributed by atoms with Gasteiger partial charge in [-0.1, -0.05) is 35.9 Å². The third kappa shape index (κ3) is 6.21. The maximum atomic E-state index is 13.8. The molecule has 1 fully saturated rings. The van der Waals surface area contributed by atoms with Crippen molar-refractivity contribution in [2.75, 3.05) is 44.2 Å². The van der Waals surface area contributed by atoms with E-state index < -0.39 is 17.2 Å². The molecule has 1 aliphatic rings. The predicted octanol–water partition coefficient (Wildman–Crippen LogP) is 4.29. The lowest BCUT2D eigenvalue weighted by Crippen LogP contribution is -2.46. The summed E-state index contributed by atoms with van der Waals surface area (Å²) in [6.45, 7) is 8.61. The molecule has 9 nitrogen and oxygen atoms in total. The number of aromatic nitrogens is 3. The smallest absolute Gasteiger partial charge is 0.339 e. The summed E-state index contributed by atoms with van der Waals surface area (Å²) in [5.74, 6) is -0.609. The summed E-state index contributed by atoms with van der Waals surface area (Å²) < 4.78 is 7.90. The van der Waals surface area contributed by atoms with Gasteiger partial charge in [-0.25, -0.2) is 19.1 Å². The van der Waals surface area contributed by atoms with Gasteiger partial charge in [0, 0.05) is 49.1 Å². The molecule has 1 aliphatic heterocycles. The van der Waals surface area contributed by atoms with E-state index >= 15 is 0 Å². The largest absolute Gasteiger partial charge is 0.462 e. The molecule has 0 unspecified atom stereocenters. The summed E-state index contributed by atoms with van der Waals surface area (Å²) in [5, 5.41) is 0.833. The third-order valence-electron chi connectivity index (χ3n) is 7.38. The summed E-state index contributed by atoms with van der Waals surface area (Å²) in [7, 11) is 0. The van der Waals surface area contributed by atoms with Crippen LogP contribution in [-0.2, 0) is 11.3 Å². The number of esters is 1. The van der Waals surface area contributed by atoms with Crippen LogP contribution < -0.4 is 16.1 Å². The average molecular weight is 576 g/mol. The van der Waals surface area contributed by atoms with Crippen molar-refractivity contribution >= 4 is 34.3 Å². The Bertz CT molecular complexity index is 1660. The van der Waals surface area contributed by atoms with Gasteiger partial charge in [0.1, 0.15) is 0 Å². The minimum Gasteiger partial charge on any atom is -0.462 e. The van der Waals surface area contributed by atoms with Gasteiger partial charge in [0.15, 0.2) is 5.65 Å². The van der Waals surface area contributed by atoms with Crippen LogP contribution in [0.1, 0.15) is 35.8 Å². The van der Waals surface area contributed by atoms with Gasteiger partial charge in [-0.15, -0.1) is 0 Å². The number of hydrogen-bond donors (Lipinski definition) is 0. The lowest BCUT2D eigenvalue weighted by atomic mass is 10.1. The first-order chi connectivity index (χ1) is 19.9. The lowest BCUT2D eigenvalue weighted by molar-refractivity contribution is 0.0528. The van der Waals surface area contributed by atoms with Crippen LogP contribution in [0.2, 0.25) is 5.02 Å². The minimum absolute atomic E-state index is 0.0923. The van der Waals surface area contributed by atoms with E-state index in [0.29, 0.717) is 24.3 Å². The Hall–Kier alpha value is -3.95. The number of anilines is 1. The highest BCUT2D eigenvalue weighted by atomic mass is 35.5. The van der Waals surface area contributed by atoms with Gasteiger partial charge >= 0.3 is 11.7 Å². The number of pyridine rings is 1. The number of halogens is 1. The Morgan fingerprint density at radius 2 is 1.63 bits per heavy atom. The highest BCUT2D eigenvalue weighted by Crippen LogP contribution is 2.21. The Morgan fingerprint density at radius 3 is 2.34 bits per heavy atom. The number of carbonyl (C=O) groups excluding carboxylic acids is 1. The molecule has 0 N–H and O–H groups in total. The molecule has 5 rings (SSSR count). The SMILES string of the molecule is CCOC(=O)c1cc(C)nc2c1c(=O)n(-c1ccccc1)c(=O)n2CCCCN1CCN(c2cccc(Cl)c2)CC1. The molecule has 0 amide bonds. The van der Waals surface area contributed by atoms with E-state index in [1.54, 1.807) is 44.2 Å². The second-order valence-corrected chi connectivity index (χ2v) is 10.6. The normalized spacial score (nSPS) is 14.0. The molecular formula is C31H34ClN5O4. The number of carbonyl (C=O) groups is 1. The quantitative estimate of drug-likeness (QED) is 0.217. The number of aryl methyl sites for hydroxylation is 2. The van der Waals surface area contributed by atoms with E-state index in [1.807, 2.05) is 24.3 Å².